The third kappa shape index (κ3) is 4.20. The maximum absolute atomic E-state index is 12.7. The van der Waals surface area contributed by atoms with Crippen molar-refractivity contribution in [1.29, 1.82) is 0 Å². The van der Waals surface area contributed by atoms with Crippen molar-refractivity contribution in [2.24, 2.45) is 11.8 Å². The average Bonchev–Trinajstić information content (AvgIpc) is 2.86. The van der Waals surface area contributed by atoms with E-state index in [4.69, 9.17) is 0 Å². The van der Waals surface area contributed by atoms with Gasteiger partial charge in [0, 0.05) is 18.7 Å². The van der Waals surface area contributed by atoms with Crippen LogP contribution in [-0.2, 0) is 20.6 Å². The summed E-state index contributed by atoms with van der Waals surface area (Å²) in [6.45, 7) is 0.140. The predicted octanol–water partition coefficient (Wildman–Crippen LogP) is 3.38. The lowest BCUT2D eigenvalue weighted by Crippen LogP contribution is -2.32. The highest BCUT2D eigenvalue weighted by Gasteiger charge is 2.46. The number of imide groups is 1. The lowest BCUT2D eigenvalue weighted by molar-refractivity contribution is -0.140. The largest absolute Gasteiger partial charge is 0.416 e. The van der Waals surface area contributed by atoms with Crippen molar-refractivity contribution in [2.45, 2.75) is 31.9 Å². The minimum absolute atomic E-state index is 0.000882. The molecule has 3 rings (SSSR count). The average molecular weight is 380 g/mol. The van der Waals surface area contributed by atoms with Crippen LogP contribution in [0, 0.1) is 11.8 Å². The molecule has 5 nitrogen and oxygen atoms in total. The number of carbonyl (C=O) groups is 3. The number of allylic oxidation sites excluding steroid dienone is 2. The van der Waals surface area contributed by atoms with Crippen molar-refractivity contribution >= 4 is 23.4 Å². The van der Waals surface area contributed by atoms with Crippen molar-refractivity contribution in [3.63, 3.8) is 0 Å². The van der Waals surface area contributed by atoms with E-state index >= 15 is 0 Å². The van der Waals surface area contributed by atoms with Gasteiger partial charge in [-0.25, -0.2) is 0 Å². The monoisotopic (exact) mass is 380 g/mol. The smallest absolute Gasteiger partial charge is 0.326 e. The zero-order valence-corrected chi connectivity index (χ0v) is 14.5. The number of benzene rings is 1. The molecule has 144 valence electrons. The summed E-state index contributed by atoms with van der Waals surface area (Å²) in [5, 5.41) is 2.41. The second-order valence-corrected chi connectivity index (χ2v) is 6.71. The summed E-state index contributed by atoms with van der Waals surface area (Å²) in [4.78, 5) is 37.8. The fourth-order valence-electron chi connectivity index (χ4n) is 3.48. The van der Waals surface area contributed by atoms with E-state index in [1.165, 1.54) is 17.0 Å². The van der Waals surface area contributed by atoms with Crippen molar-refractivity contribution in [3.8, 4) is 0 Å². The Hall–Kier alpha value is -2.64. The lowest BCUT2D eigenvalue weighted by atomic mass is 9.85. The third-order valence-corrected chi connectivity index (χ3v) is 4.86. The molecule has 27 heavy (non-hydrogen) atoms. The summed E-state index contributed by atoms with van der Waals surface area (Å²) in [7, 11) is 0. The van der Waals surface area contributed by atoms with Crippen LogP contribution in [0.1, 0.15) is 31.2 Å². The van der Waals surface area contributed by atoms with Gasteiger partial charge in [0.15, 0.2) is 0 Å². The second-order valence-electron chi connectivity index (χ2n) is 6.71. The third-order valence-electron chi connectivity index (χ3n) is 4.86. The number of carbonyl (C=O) groups excluding carboxylic acids is 3. The molecule has 1 aliphatic carbocycles. The molecule has 1 saturated heterocycles. The van der Waals surface area contributed by atoms with Gasteiger partial charge >= 0.3 is 6.18 Å². The maximum Gasteiger partial charge on any atom is 0.416 e. The first kappa shape index (κ1) is 19.1. The number of nitrogens with zero attached hydrogens (tertiary/aromatic N) is 1. The molecule has 0 aromatic heterocycles. The number of hydrogen-bond acceptors (Lipinski definition) is 3. The number of fused-ring (bicyclic) bond motifs is 1. The highest BCUT2D eigenvalue weighted by atomic mass is 19.4. The number of nitrogens with one attached hydrogen (secondary N) is 1. The summed E-state index contributed by atoms with van der Waals surface area (Å²) in [6.07, 6.45) is 0.694. The Morgan fingerprint density at radius 2 is 1.74 bits per heavy atom. The molecule has 0 saturated carbocycles. The van der Waals surface area contributed by atoms with E-state index in [2.05, 4.69) is 5.32 Å². The zero-order valence-electron chi connectivity index (χ0n) is 14.5. The molecule has 2 atom stereocenters. The Kier molecular flexibility index (Phi) is 5.34. The van der Waals surface area contributed by atoms with E-state index in [1.807, 2.05) is 12.2 Å². The highest BCUT2D eigenvalue weighted by Crippen LogP contribution is 2.35. The van der Waals surface area contributed by atoms with E-state index < -0.39 is 17.6 Å². The van der Waals surface area contributed by atoms with Gasteiger partial charge in [0.25, 0.3) is 0 Å². The molecule has 1 aromatic carbocycles. The van der Waals surface area contributed by atoms with Crippen molar-refractivity contribution in [3.05, 3.63) is 42.0 Å². The van der Waals surface area contributed by atoms with Crippen molar-refractivity contribution in [2.75, 3.05) is 11.9 Å². The summed E-state index contributed by atoms with van der Waals surface area (Å²) >= 11 is 0. The van der Waals surface area contributed by atoms with Crippen LogP contribution >= 0.6 is 0 Å². The van der Waals surface area contributed by atoms with Gasteiger partial charge in [-0.3, -0.25) is 19.3 Å². The molecule has 1 aromatic rings. The summed E-state index contributed by atoms with van der Waals surface area (Å²) < 4.78 is 38.1. The Morgan fingerprint density at radius 1 is 1.11 bits per heavy atom. The first-order valence-electron chi connectivity index (χ1n) is 8.74. The van der Waals surface area contributed by atoms with Crippen molar-refractivity contribution in [1.82, 2.24) is 4.90 Å². The number of amides is 3. The molecule has 1 heterocycles. The van der Waals surface area contributed by atoms with Crippen LogP contribution in [0.5, 0.6) is 0 Å². The highest BCUT2D eigenvalue weighted by molar-refractivity contribution is 6.05. The molecule has 1 aliphatic heterocycles. The molecule has 3 amide bonds. The molecule has 2 aliphatic rings. The molecule has 0 bridgehead atoms. The Labute approximate surface area is 154 Å². The van der Waals surface area contributed by atoms with E-state index in [-0.39, 0.29) is 48.7 Å². The van der Waals surface area contributed by atoms with Gasteiger partial charge in [0.2, 0.25) is 17.7 Å². The number of hydrogen-bond donors (Lipinski definition) is 1. The fourth-order valence-corrected chi connectivity index (χ4v) is 3.48. The molecule has 0 unspecified atom stereocenters. The van der Waals surface area contributed by atoms with E-state index in [0.29, 0.717) is 12.8 Å². The van der Waals surface area contributed by atoms with Gasteiger partial charge in [-0.15, -0.1) is 0 Å². The zero-order chi connectivity index (χ0) is 19.6. The van der Waals surface area contributed by atoms with Crippen LogP contribution in [0.3, 0.4) is 0 Å². The van der Waals surface area contributed by atoms with E-state index in [0.717, 1.165) is 12.1 Å². The summed E-state index contributed by atoms with van der Waals surface area (Å²) in [5.41, 5.74) is -0.787. The van der Waals surface area contributed by atoms with Crippen LogP contribution in [0.15, 0.2) is 36.4 Å². The Morgan fingerprint density at radius 3 is 2.33 bits per heavy atom. The second kappa shape index (κ2) is 7.54. The molecular formula is C19H19F3N2O3. The summed E-state index contributed by atoms with van der Waals surface area (Å²) in [5.74, 6) is -1.48. The number of alkyl halides is 3. The van der Waals surface area contributed by atoms with Crippen LogP contribution < -0.4 is 5.32 Å². The van der Waals surface area contributed by atoms with Gasteiger partial charge in [0.1, 0.15) is 0 Å². The quantitative estimate of drug-likeness (QED) is 0.629. The van der Waals surface area contributed by atoms with Crippen LogP contribution in [-0.4, -0.2) is 29.2 Å². The lowest BCUT2D eigenvalue weighted by Gasteiger charge is -2.14. The first-order chi connectivity index (χ1) is 12.8. The molecule has 8 heteroatoms. The van der Waals surface area contributed by atoms with Gasteiger partial charge in [0.05, 0.1) is 17.4 Å². The predicted molar refractivity (Wildman–Crippen MR) is 91.4 cm³/mol. The molecule has 0 radical (unpaired) electrons. The van der Waals surface area contributed by atoms with Crippen LogP contribution in [0.25, 0.3) is 0 Å². The first-order valence-corrected chi connectivity index (χ1v) is 8.74. The minimum Gasteiger partial charge on any atom is -0.326 e. The number of likely N-dealkylation sites (tertiary alicyclic amines) is 1. The number of halogens is 3. The molecule has 1 fully saturated rings. The Bertz CT molecular complexity index is 763. The SMILES string of the molecule is O=C(CCCN1C(=O)[C@H]2CC=CC[C@H]2C1=O)Nc1cccc(C(F)(F)F)c1. The molecule has 0 spiro atoms. The minimum atomic E-state index is -4.48. The number of rotatable bonds is 5. The van der Waals surface area contributed by atoms with Gasteiger partial charge in [-0.1, -0.05) is 18.2 Å². The van der Waals surface area contributed by atoms with Gasteiger partial charge in [-0.05, 0) is 37.5 Å². The molecular weight excluding hydrogens is 361 g/mol. The topological polar surface area (TPSA) is 66.5 Å². The normalized spacial score (nSPS) is 22.1. The standard InChI is InChI=1S/C19H19F3N2O3/c20-19(21,22)12-5-3-6-13(11-12)23-16(25)9-4-10-24-17(26)14-7-1-2-8-15(14)18(24)27/h1-3,5-6,11,14-15H,4,7-10H2,(H,23,25)/t14-,15+. The summed E-state index contributed by atoms with van der Waals surface area (Å²) in [6, 6.07) is 4.38. The van der Waals surface area contributed by atoms with Crippen LogP contribution in [0.2, 0.25) is 0 Å². The van der Waals surface area contributed by atoms with Crippen LogP contribution in [0.4, 0.5) is 18.9 Å². The maximum atomic E-state index is 12.7. The van der Waals surface area contributed by atoms with Gasteiger partial charge < -0.3 is 5.32 Å². The van der Waals surface area contributed by atoms with Crippen molar-refractivity contribution < 1.29 is 27.6 Å². The van der Waals surface area contributed by atoms with Gasteiger partial charge in [-0.2, -0.15) is 13.2 Å². The Balaban J connectivity index is 1.50. The number of anilines is 1. The van der Waals surface area contributed by atoms with E-state index in [1.54, 1.807) is 0 Å². The molecule has 1 N–H and O–H groups in total. The van der Waals surface area contributed by atoms with E-state index in [9.17, 15) is 27.6 Å². The fraction of sp³-hybridized carbons (Fsp3) is 0.421.